The molecule has 110 valence electrons. The van der Waals surface area contributed by atoms with E-state index in [2.05, 4.69) is 42.5 Å². The SMILES string of the molecule is CCOc1cccc(C(N)C2(c3ccccc3)CCC2)c1. The van der Waals surface area contributed by atoms with Crippen molar-refractivity contribution >= 4 is 0 Å². The van der Waals surface area contributed by atoms with E-state index in [-0.39, 0.29) is 11.5 Å². The number of nitrogens with two attached hydrogens (primary N) is 1. The summed E-state index contributed by atoms with van der Waals surface area (Å²) in [5.41, 5.74) is 9.30. The highest BCUT2D eigenvalue weighted by Gasteiger charge is 2.44. The molecule has 2 aromatic rings. The van der Waals surface area contributed by atoms with Crippen molar-refractivity contribution in [1.82, 2.24) is 0 Å². The second-order valence-corrected chi connectivity index (χ2v) is 5.86. The Hall–Kier alpha value is -1.80. The number of hydrogen-bond donors (Lipinski definition) is 1. The first kappa shape index (κ1) is 14.2. The standard InChI is InChI=1S/C19H23NO/c1-2-21-17-11-6-8-15(14-17)18(20)19(12-7-13-19)16-9-4-3-5-10-16/h3-6,8-11,14,18H,2,7,12-13,20H2,1H3. The van der Waals surface area contributed by atoms with Crippen molar-refractivity contribution < 1.29 is 4.74 Å². The first-order chi connectivity index (χ1) is 10.3. The minimum atomic E-state index is 0.0223. The molecule has 1 atom stereocenters. The lowest BCUT2D eigenvalue weighted by atomic mass is 9.59. The van der Waals surface area contributed by atoms with E-state index in [0.717, 1.165) is 18.6 Å². The largest absolute Gasteiger partial charge is 0.494 e. The molecule has 1 aliphatic rings. The zero-order valence-corrected chi connectivity index (χ0v) is 12.6. The lowest BCUT2D eigenvalue weighted by Gasteiger charge is -2.47. The monoisotopic (exact) mass is 281 g/mol. The van der Waals surface area contributed by atoms with Crippen molar-refractivity contribution in [2.24, 2.45) is 5.73 Å². The molecule has 0 amide bonds. The molecule has 2 N–H and O–H groups in total. The third-order valence-corrected chi connectivity index (χ3v) is 4.72. The van der Waals surface area contributed by atoms with Crippen LogP contribution in [0.15, 0.2) is 54.6 Å². The van der Waals surface area contributed by atoms with Crippen molar-refractivity contribution in [2.45, 2.75) is 37.6 Å². The van der Waals surface area contributed by atoms with Crippen molar-refractivity contribution in [3.63, 3.8) is 0 Å². The van der Waals surface area contributed by atoms with Crippen LogP contribution in [0.25, 0.3) is 0 Å². The Labute approximate surface area is 126 Å². The summed E-state index contributed by atoms with van der Waals surface area (Å²) in [6.45, 7) is 2.69. The number of benzene rings is 2. The number of rotatable bonds is 5. The van der Waals surface area contributed by atoms with E-state index in [1.54, 1.807) is 0 Å². The number of hydrogen-bond acceptors (Lipinski definition) is 2. The highest BCUT2D eigenvalue weighted by molar-refractivity contribution is 5.38. The molecule has 2 nitrogen and oxygen atoms in total. The number of ether oxygens (including phenoxy) is 1. The van der Waals surface area contributed by atoms with Gasteiger partial charge in [0.25, 0.3) is 0 Å². The summed E-state index contributed by atoms with van der Waals surface area (Å²) in [6.07, 6.45) is 3.59. The maximum Gasteiger partial charge on any atom is 0.119 e. The molecule has 0 aromatic heterocycles. The van der Waals surface area contributed by atoms with Gasteiger partial charge in [0.15, 0.2) is 0 Å². The van der Waals surface area contributed by atoms with E-state index < -0.39 is 0 Å². The molecule has 1 aliphatic carbocycles. The van der Waals surface area contributed by atoms with Crippen LogP contribution >= 0.6 is 0 Å². The third kappa shape index (κ3) is 2.56. The molecule has 2 heteroatoms. The average Bonchev–Trinajstić information content (AvgIpc) is 2.48. The summed E-state index contributed by atoms with van der Waals surface area (Å²) in [4.78, 5) is 0. The zero-order valence-electron chi connectivity index (χ0n) is 12.6. The van der Waals surface area contributed by atoms with Crippen LogP contribution in [0.5, 0.6) is 5.75 Å². The van der Waals surface area contributed by atoms with Crippen LogP contribution in [-0.4, -0.2) is 6.61 Å². The molecule has 3 rings (SSSR count). The van der Waals surface area contributed by atoms with Crippen LogP contribution in [0.4, 0.5) is 0 Å². The van der Waals surface area contributed by atoms with Crippen molar-refractivity contribution in [2.75, 3.05) is 6.61 Å². The van der Waals surface area contributed by atoms with Gasteiger partial charge in [-0.05, 0) is 43.0 Å². The highest BCUT2D eigenvalue weighted by Crippen LogP contribution is 2.51. The lowest BCUT2D eigenvalue weighted by molar-refractivity contribution is 0.196. The van der Waals surface area contributed by atoms with Gasteiger partial charge in [-0.1, -0.05) is 48.9 Å². The molecule has 1 saturated carbocycles. The van der Waals surface area contributed by atoms with Gasteiger partial charge in [0.1, 0.15) is 5.75 Å². The van der Waals surface area contributed by atoms with Gasteiger partial charge in [0, 0.05) is 11.5 Å². The van der Waals surface area contributed by atoms with E-state index in [9.17, 15) is 0 Å². The molecule has 21 heavy (non-hydrogen) atoms. The summed E-state index contributed by atoms with van der Waals surface area (Å²) in [6, 6.07) is 19.0. The Morgan fingerprint density at radius 1 is 1.10 bits per heavy atom. The van der Waals surface area contributed by atoms with E-state index >= 15 is 0 Å². The Morgan fingerprint density at radius 2 is 1.86 bits per heavy atom. The summed E-state index contributed by atoms with van der Waals surface area (Å²) >= 11 is 0. The molecule has 1 unspecified atom stereocenters. The molecule has 1 fully saturated rings. The van der Waals surface area contributed by atoms with Crippen molar-refractivity contribution in [3.8, 4) is 5.75 Å². The molecule has 0 aliphatic heterocycles. The molecule has 0 saturated heterocycles. The van der Waals surface area contributed by atoms with E-state index in [1.165, 1.54) is 17.5 Å². The quantitative estimate of drug-likeness (QED) is 0.891. The first-order valence-electron chi connectivity index (χ1n) is 7.80. The molecule has 2 aromatic carbocycles. The fourth-order valence-electron chi connectivity index (χ4n) is 3.39. The predicted molar refractivity (Wildman–Crippen MR) is 86.5 cm³/mol. The lowest BCUT2D eigenvalue weighted by Crippen LogP contribution is -2.44. The Balaban J connectivity index is 1.92. The van der Waals surface area contributed by atoms with Gasteiger partial charge in [-0.3, -0.25) is 0 Å². The second kappa shape index (κ2) is 5.90. The van der Waals surface area contributed by atoms with Gasteiger partial charge in [0.05, 0.1) is 6.61 Å². The zero-order chi connectivity index (χ0) is 14.7. The predicted octanol–water partition coefficient (Wildman–Crippen LogP) is 4.21. The maximum absolute atomic E-state index is 6.68. The average molecular weight is 281 g/mol. The molecule has 0 spiro atoms. The summed E-state index contributed by atoms with van der Waals surface area (Å²) < 4.78 is 5.61. The third-order valence-electron chi connectivity index (χ3n) is 4.72. The Morgan fingerprint density at radius 3 is 2.48 bits per heavy atom. The van der Waals surface area contributed by atoms with Gasteiger partial charge >= 0.3 is 0 Å². The summed E-state index contributed by atoms with van der Waals surface area (Å²) in [7, 11) is 0. The second-order valence-electron chi connectivity index (χ2n) is 5.86. The van der Waals surface area contributed by atoms with Crippen LogP contribution in [0.3, 0.4) is 0 Å². The van der Waals surface area contributed by atoms with Crippen LogP contribution in [0.2, 0.25) is 0 Å². The molecular weight excluding hydrogens is 258 g/mol. The van der Waals surface area contributed by atoms with Crippen LogP contribution in [0.1, 0.15) is 43.4 Å². The normalized spacial score (nSPS) is 17.8. The van der Waals surface area contributed by atoms with Crippen LogP contribution in [0, 0.1) is 0 Å². The fourth-order valence-corrected chi connectivity index (χ4v) is 3.39. The van der Waals surface area contributed by atoms with Crippen molar-refractivity contribution in [3.05, 3.63) is 65.7 Å². The van der Waals surface area contributed by atoms with Gasteiger partial charge in [0.2, 0.25) is 0 Å². The van der Waals surface area contributed by atoms with Gasteiger partial charge in [-0.25, -0.2) is 0 Å². The fraction of sp³-hybridized carbons (Fsp3) is 0.368. The smallest absolute Gasteiger partial charge is 0.119 e. The van der Waals surface area contributed by atoms with Crippen LogP contribution in [-0.2, 0) is 5.41 Å². The molecular formula is C19H23NO. The van der Waals surface area contributed by atoms with E-state index in [1.807, 2.05) is 19.1 Å². The summed E-state index contributed by atoms with van der Waals surface area (Å²) in [5.74, 6) is 0.910. The first-order valence-corrected chi connectivity index (χ1v) is 7.80. The Kier molecular flexibility index (Phi) is 3.98. The van der Waals surface area contributed by atoms with Gasteiger partial charge < -0.3 is 10.5 Å². The minimum Gasteiger partial charge on any atom is -0.494 e. The maximum atomic E-state index is 6.68. The molecule has 0 bridgehead atoms. The van der Waals surface area contributed by atoms with E-state index in [4.69, 9.17) is 10.5 Å². The molecule has 0 heterocycles. The van der Waals surface area contributed by atoms with Crippen LogP contribution < -0.4 is 10.5 Å². The molecule has 0 radical (unpaired) electrons. The van der Waals surface area contributed by atoms with E-state index in [0.29, 0.717) is 6.61 Å². The van der Waals surface area contributed by atoms with Gasteiger partial charge in [-0.15, -0.1) is 0 Å². The highest BCUT2D eigenvalue weighted by atomic mass is 16.5. The Bertz CT molecular complexity index is 590. The topological polar surface area (TPSA) is 35.2 Å². The van der Waals surface area contributed by atoms with Gasteiger partial charge in [-0.2, -0.15) is 0 Å². The van der Waals surface area contributed by atoms with Crippen molar-refractivity contribution in [1.29, 1.82) is 0 Å². The summed E-state index contributed by atoms with van der Waals surface area (Å²) in [5, 5.41) is 0. The minimum absolute atomic E-state index is 0.0223.